The van der Waals surface area contributed by atoms with Gasteiger partial charge in [-0.2, -0.15) is 5.10 Å². The van der Waals surface area contributed by atoms with Gasteiger partial charge in [-0.3, -0.25) is 0 Å². The third-order valence-electron chi connectivity index (χ3n) is 1.89. The molecule has 1 saturated heterocycles. The Balaban J connectivity index is 2.20. The van der Waals surface area contributed by atoms with E-state index in [1.54, 1.807) is 0 Å². The van der Waals surface area contributed by atoms with Gasteiger partial charge in [-0.25, -0.2) is 0 Å². The van der Waals surface area contributed by atoms with Gasteiger partial charge in [0.15, 0.2) is 5.17 Å². The fraction of sp³-hybridized carbons (Fsp3) is 0.857. The van der Waals surface area contributed by atoms with Crippen LogP contribution in [0.15, 0.2) is 5.10 Å². The smallest absolute Gasteiger partial charge is 0.177 e. The van der Waals surface area contributed by atoms with Gasteiger partial charge in [-0.1, -0.05) is 11.8 Å². The maximum atomic E-state index is 5.53. The minimum absolute atomic E-state index is 0.240. The number of hydrogen-bond donors (Lipinski definition) is 2. The van der Waals surface area contributed by atoms with Crippen LogP contribution >= 0.6 is 11.8 Å². The first-order chi connectivity index (χ1) is 6.22. The summed E-state index contributed by atoms with van der Waals surface area (Å²) in [4.78, 5) is 2.24. The predicted octanol–water partition coefficient (Wildman–Crippen LogP) is -0.761. The fourth-order valence-corrected chi connectivity index (χ4v) is 1.82. The topological polar surface area (TPSA) is 76.9 Å². The molecule has 0 amide bonds. The standard InChI is InChI=1S/C7H16N4OS/c1-11-2-3-12-6(4-11)5-13-7(8)10-9/h6H,2-5,9H2,1H3,(H2,8,10). The highest BCUT2D eigenvalue weighted by molar-refractivity contribution is 8.13. The zero-order valence-corrected chi connectivity index (χ0v) is 8.59. The highest BCUT2D eigenvalue weighted by Crippen LogP contribution is 2.09. The Hall–Kier alpha value is -0.460. The Morgan fingerprint density at radius 1 is 1.77 bits per heavy atom. The molecule has 0 radical (unpaired) electrons. The number of morpholine rings is 1. The van der Waals surface area contributed by atoms with E-state index in [-0.39, 0.29) is 6.10 Å². The van der Waals surface area contributed by atoms with Crippen LogP contribution in [0.2, 0.25) is 0 Å². The Morgan fingerprint density at radius 3 is 3.15 bits per heavy atom. The van der Waals surface area contributed by atoms with Crippen molar-refractivity contribution in [3.05, 3.63) is 0 Å². The van der Waals surface area contributed by atoms with Gasteiger partial charge in [0, 0.05) is 18.8 Å². The van der Waals surface area contributed by atoms with Crippen molar-refractivity contribution < 1.29 is 4.74 Å². The molecule has 5 nitrogen and oxygen atoms in total. The molecular formula is C7H16N4OS. The third-order valence-corrected chi connectivity index (χ3v) is 2.83. The molecule has 1 heterocycles. The normalized spacial score (nSPS) is 26.2. The zero-order valence-electron chi connectivity index (χ0n) is 7.77. The second-order valence-corrected chi connectivity index (χ2v) is 4.07. The Kier molecular flexibility index (Phi) is 4.34. The number of nitrogens with two attached hydrogens (primary N) is 2. The highest BCUT2D eigenvalue weighted by Gasteiger charge is 2.17. The molecule has 1 unspecified atom stereocenters. The van der Waals surface area contributed by atoms with Gasteiger partial charge in [-0.15, -0.1) is 0 Å². The van der Waals surface area contributed by atoms with Gasteiger partial charge in [0.05, 0.1) is 12.7 Å². The average Bonchev–Trinajstić information content (AvgIpc) is 2.14. The van der Waals surface area contributed by atoms with Crippen LogP contribution in [-0.4, -0.2) is 48.7 Å². The van der Waals surface area contributed by atoms with E-state index in [0.717, 1.165) is 25.4 Å². The number of hydrogen-bond acceptors (Lipinski definition) is 5. The van der Waals surface area contributed by atoms with Crippen LogP contribution in [-0.2, 0) is 4.74 Å². The van der Waals surface area contributed by atoms with Crippen LogP contribution in [0.25, 0.3) is 0 Å². The number of likely N-dealkylation sites (N-methyl/N-ethyl adjacent to an activating group) is 1. The van der Waals surface area contributed by atoms with Crippen molar-refractivity contribution in [3.63, 3.8) is 0 Å². The minimum atomic E-state index is 0.240. The highest BCUT2D eigenvalue weighted by atomic mass is 32.2. The SMILES string of the molecule is CN1CCOC(CSC(N)=NN)C1. The quantitative estimate of drug-likeness (QED) is 0.267. The summed E-state index contributed by atoms with van der Waals surface area (Å²) in [7, 11) is 2.08. The fourth-order valence-electron chi connectivity index (χ4n) is 1.18. The first-order valence-electron chi connectivity index (χ1n) is 4.18. The molecule has 0 saturated carbocycles. The lowest BCUT2D eigenvalue weighted by Gasteiger charge is -2.29. The summed E-state index contributed by atoms with van der Waals surface area (Å²) in [6.45, 7) is 2.74. The van der Waals surface area contributed by atoms with Gasteiger partial charge < -0.3 is 21.2 Å². The second-order valence-electron chi connectivity index (χ2n) is 3.03. The number of ether oxygens (including phenoxy) is 1. The molecule has 13 heavy (non-hydrogen) atoms. The number of hydrazone groups is 1. The minimum Gasteiger partial charge on any atom is -0.377 e. The summed E-state index contributed by atoms with van der Waals surface area (Å²) >= 11 is 1.44. The molecule has 0 aromatic heterocycles. The maximum absolute atomic E-state index is 5.53. The summed E-state index contributed by atoms with van der Waals surface area (Å²) in [6.07, 6.45) is 0.240. The van der Waals surface area contributed by atoms with Crippen molar-refractivity contribution in [1.82, 2.24) is 4.90 Å². The van der Waals surface area contributed by atoms with Crippen molar-refractivity contribution in [1.29, 1.82) is 0 Å². The largest absolute Gasteiger partial charge is 0.377 e. The van der Waals surface area contributed by atoms with Crippen molar-refractivity contribution in [3.8, 4) is 0 Å². The van der Waals surface area contributed by atoms with Gasteiger partial charge in [0.1, 0.15) is 0 Å². The van der Waals surface area contributed by atoms with E-state index in [1.165, 1.54) is 11.8 Å². The Labute approximate surface area is 82.5 Å². The summed E-state index contributed by atoms with van der Waals surface area (Å²) < 4.78 is 5.53. The summed E-state index contributed by atoms with van der Waals surface area (Å²) in [6, 6.07) is 0. The van der Waals surface area contributed by atoms with Crippen LogP contribution in [0.5, 0.6) is 0 Å². The molecule has 1 aliphatic rings. The first-order valence-corrected chi connectivity index (χ1v) is 5.17. The van der Waals surface area contributed by atoms with Crippen molar-refractivity contribution >= 4 is 16.9 Å². The molecule has 1 rings (SSSR count). The zero-order chi connectivity index (χ0) is 9.68. The summed E-state index contributed by atoms with van der Waals surface area (Å²) in [5.41, 5.74) is 5.44. The monoisotopic (exact) mass is 204 g/mol. The lowest BCUT2D eigenvalue weighted by molar-refractivity contribution is -0.00589. The second kappa shape index (κ2) is 5.31. The third kappa shape index (κ3) is 3.84. The lowest BCUT2D eigenvalue weighted by atomic mass is 10.3. The van der Waals surface area contributed by atoms with Crippen LogP contribution in [0.4, 0.5) is 0 Å². The van der Waals surface area contributed by atoms with E-state index in [0.29, 0.717) is 5.17 Å². The molecular weight excluding hydrogens is 188 g/mol. The molecule has 0 aromatic rings. The molecule has 0 aromatic carbocycles. The van der Waals surface area contributed by atoms with E-state index in [4.69, 9.17) is 16.3 Å². The molecule has 1 fully saturated rings. The van der Waals surface area contributed by atoms with Gasteiger partial charge in [0.2, 0.25) is 0 Å². The van der Waals surface area contributed by atoms with E-state index < -0.39 is 0 Å². The summed E-state index contributed by atoms with van der Waals surface area (Å²) in [5, 5.41) is 3.79. The first kappa shape index (κ1) is 10.6. The predicted molar refractivity (Wildman–Crippen MR) is 55.5 cm³/mol. The van der Waals surface area contributed by atoms with Gasteiger partial charge >= 0.3 is 0 Å². The number of thioether (sulfide) groups is 1. The molecule has 0 spiro atoms. The van der Waals surface area contributed by atoms with E-state index in [9.17, 15) is 0 Å². The number of nitrogens with zero attached hydrogens (tertiary/aromatic N) is 2. The molecule has 4 N–H and O–H groups in total. The van der Waals surface area contributed by atoms with Gasteiger partial charge in [0.25, 0.3) is 0 Å². The van der Waals surface area contributed by atoms with Crippen LogP contribution in [0.3, 0.4) is 0 Å². The van der Waals surface area contributed by atoms with E-state index in [1.807, 2.05) is 0 Å². The number of amidine groups is 1. The molecule has 0 aliphatic carbocycles. The molecule has 1 aliphatic heterocycles. The maximum Gasteiger partial charge on any atom is 0.177 e. The van der Waals surface area contributed by atoms with Crippen molar-refractivity contribution in [2.45, 2.75) is 6.10 Å². The van der Waals surface area contributed by atoms with Crippen molar-refractivity contribution in [2.75, 3.05) is 32.5 Å². The lowest BCUT2D eigenvalue weighted by Crippen LogP contribution is -2.41. The van der Waals surface area contributed by atoms with Crippen LogP contribution in [0.1, 0.15) is 0 Å². The number of rotatable bonds is 2. The van der Waals surface area contributed by atoms with Gasteiger partial charge in [-0.05, 0) is 7.05 Å². The Morgan fingerprint density at radius 2 is 2.54 bits per heavy atom. The molecule has 6 heteroatoms. The average molecular weight is 204 g/mol. The van der Waals surface area contributed by atoms with Crippen LogP contribution < -0.4 is 11.6 Å². The van der Waals surface area contributed by atoms with E-state index >= 15 is 0 Å². The molecule has 1 atom stereocenters. The summed E-state index contributed by atoms with van der Waals surface area (Å²) in [5.74, 6) is 5.82. The van der Waals surface area contributed by atoms with Crippen LogP contribution in [0, 0.1) is 0 Å². The van der Waals surface area contributed by atoms with Crippen molar-refractivity contribution in [2.24, 2.45) is 16.7 Å². The Bertz CT molecular complexity index is 187. The molecule has 76 valence electrons. The van der Waals surface area contributed by atoms with E-state index in [2.05, 4.69) is 17.0 Å². The molecule has 0 bridgehead atoms.